The molecule has 0 fully saturated rings. The Morgan fingerprint density at radius 2 is 1.81 bits per heavy atom. The highest BCUT2D eigenvalue weighted by Gasteiger charge is 2.40. The number of carbonyl (C=O) groups excluding carboxylic acids is 3. The summed E-state index contributed by atoms with van der Waals surface area (Å²) in [6, 6.07) is 0. The Bertz CT molecular complexity index is 1050. The molecule has 0 saturated carbocycles. The molecule has 1 aromatic heterocycles. The largest absolute Gasteiger partial charge is 0.462 e. The van der Waals surface area contributed by atoms with Crippen LogP contribution in [-0.4, -0.2) is 45.8 Å². The lowest BCUT2D eigenvalue weighted by molar-refractivity contribution is -0.161. The van der Waals surface area contributed by atoms with E-state index in [-0.39, 0.29) is 23.9 Å². The van der Waals surface area contributed by atoms with Crippen LogP contribution in [0.1, 0.15) is 66.0 Å². The summed E-state index contributed by atoms with van der Waals surface area (Å²) < 4.78 is 19.1. The second kappa shape index (κ2) is 12.9. The lowest BCUT2D eigenvalue weighted by atomic mass is 9.64. The van der Waals surface area contributed by atoms with Crippen LogP contribution in [0.2, 0.25) is 0 Å². The molecule has 8 heteroatoms. The van der Waals surface area contributed by atoms with Crippen molar-refractivity contribution in [2.75, 3.05) is 0 Å². The third-order valence-electron chi connectivity index (χ3n) is 7.35. The van der Waals surface area contributed by atoms with E-state index in [0.29, 0.717) is 30.4 Å². The van der Waals surface area contributed by atoms with Crippen molar-refractivity contribution in [1.82, 2.24) is 9.55 Å². The van der Waals surface area contributed by atoms with E-state index in [1.165, 1.54) is 25.5 Å². The summed E-state index contributed by atoms with van der Waals surface area (Å²) in [6.45, 7) is 9.32. The molecule has 37 heavy (non-hydrogen) atoms. The van der Waals surface area contributed by atoms with E-state index in [2.05, 4.69) is 31.8 Å². The van der Waals surface area contributed by atoms with Gasteiger partial charge in [-0.1, -0.05) is 31.6 Å². The summed E-state index contributed by atoms with van der Waals surface area (Å²) in [5.74, 6) is -0.154. The maximum atomic E-state index is 12.9. The maximum Gasteiger partial charge on any atom is 0.331 e. The molecule has 0 radical (unpaired) electrons. The van der Waals surface area contributed by atoms with Crippen LogP contribution in [-0.2, 0) is 35.6 Å². The van der Waals surface area contributed by atoms with E-state index in [1.807, 2.05) is 13.1 Å². The van der Waals surface area contributed by atoms with Crippen LogP contribution in [0.5, 0.6) is 0 Å². The molecule has 0 aliphatic heterocycles. The molecule has 0 saturated heterocycles. The van der Waals surface area contributed by atoms with Gasteiger partial charge in [-0.2, -0.15) is 0 Å². The molecule has 202 valence electrons. The van der Waals surface area contributed by atoms with E-state index in [0.717, 1.165) is 12.8 Å². The number of hydrogen-bond donors (Lipinski definition) is 0. The zero-order valence-electron chi connectivity index (χ0n) is 22.8. The highest BCUT2D eigenvalue weighted by Crippen LogP contribution is 2.45. The number of allylic oxidation sites excluding steroid dienone is 2. The Labute approximate surface area is 219 Å². The SMILES string of the molecule is CC(=O)OC1C/C=C\C(OC(C)=O)C(OC(=O)/C=C/c2cn(C)cn2)CC2C(C)=CCC(C(C)C)C2C1. The molecule has 6 atom stereocenters. The van der Waals surface area contributed by atoms with E-state index in [4.69, 9.17) is 14.2 Å². The van der Waals surface area contributed by atoms with Crippen LogP contribution in [0, 0.1) is 23.7 Å². The van der Waals surface area contributed by atoms with Crippen molar-refractivity contribution in [3.05, 3.63) is 48.1 Å². The minimum Gasteiger partial charge on any atom is -0.462 e. The van der Waals surface area contributed by atoms with Gasteiger partial charge in [0.25, 0.3) is 0 Å². The first-order valence-electron chi connectivity index (χ1n) is 13.1. The van der Waals surface area contributed by atoms with Crippen LogP contribution in [0.4, 0.5) is 0 Å². The van der Waals surface area contributed by atoms with Gasteiger partial charge in [-0.15, -0.1) is 0 Å². The van der Waals surface area contributed by atoms with E-state index < -0.39 is 24.1 Å². The number of rotatable bonds is 6. The predicted octanol–water partition coefficient (Wildman–Crippen LogP) is 4.80. The fourth-order valence-corrected chi connectivity index (χ4v) is 5.64. The summed E-state index contributed by atoms with van der Waals surface area (Å²) in [6.07, 6.45) is 13.3. The molecule has 0 bridgehead atoms. The number of imidazole rings is 1. The molecule has 0 amide bonds. The van der Waals surface area contributed by atoms with Crippen molar-refractivity contribution in [3.8, 4) is 0 Å². The molecule has 1 aromatic rings. The molecular formula is C29H40N2O6. The van der Waals surface area contributed by atoms with Crippen molar-refractivity contribution in [3.63, 3.8) is 0 Å². The Balaban J connectivity index is 1.95. The zero-order chi connectivity index (χ0) is 27.1. The van der Waals surface area contributed by atoms with Crippen molar-refractivity contribution in [2.24, 2.45) is 30.7 Å². The number of aromatic nitrogens is 2. The first kappa shape index (κ1) is 28.4. The van der Waals surface area contributed by atoms with Crippen molar-refractivity contribution < 1.29 is 28.6 Å². The molecular weight excluding hydrogens is 472 g/mol. The second-order valence-corrected chi connectivity index (χ2v) is 10.6. The summed E-state index contributed by atoms with van der Waals surface area (Å²) in [5.41, 5.74) is 1.86. The van der Waals surface area contributed by atoms with Crippen LogP contribution >= 0.6 is 0 Å². The molecule has 2 aliphatic rings. The van der Waals surface area contributed by atoms with Gasteiger partial charge in [0.1, 0.15) is 12.2 Å². The smallest absolute Gasteiger partial charge is 0.331 e. The minimum absolute atomic E-state index is 0.0846. The highest BCUT2D eigenvalue weighted by molar-refractivity contribution is 5.86. The van der Waals surface area contributed by atoms with Gasteiger partial charge in [0.2, 0.25) is 0 Å². The maximum absolute atomic E-state index is 12.9. The van der Waals surface area contributed by atoms with Crippen molar-refractivity contribution in [1.29, 1.82) is 0 Å². The minimum atomic E-state index is -0.756. The molecule has 2 aliphatic carbocycles. The fraction of sp³-hybridized carbons (Fsp3) is 0.586. The number of esters is 3. The Kier molecular flexibility index (Phi) is 9.89. The number of fused-ring (bicyclic) bond motifs is 1. The third-order valence-corrected chi connectivity index (χ3v) is 7.35. The van der Waals surface area contributed by atoms with Crippen LogP contribution < -0.4 is 0 Å². The number of nitrogens with zero attached hydrogens (tertiary/aromatic N) is 2. The lowest BCUT2D eigenvalue weighted by Gasteiger charge is -2.43. The van der Waals surface area contributed by atoms with Gasteiger partial charge < -0.3 is 18.8 Å². The summed E-state index contributed by atoms with van der Waals surface area (Å²) in [7, 11) is 1.85. The van der Waals surface area contributed by atoms with Crippen LogP contribution in [0.25, 0.3) is 6.08 Å². The average molecular weight is 513 g/mol. The standard InChI is InChI=1S/C29H40N2O6/c1-18(2)24-12-10-19(3)25-15-28(37-29(34)13-11-22-16-31(6)17-30-22)27(36-21(5)33)9-7-8-23(14-26(24)25)35-20(4)32/h7,9-11,13,16-18,23-28H,8,12,14-15H2,1-6H3/b9-7-,13-11+. The van der Waals surface area contributed by atoms with Crippen molar-refractivity contribution >= 4 is 24.0 Å². The van der Waals surface area contributed by atoms with Gasteiger partial charge in [0.05, 0.1) is 12.0 Å². The molecule has 6 unspecified atom stereocenters. The topological polar surface area (TPSA) is 96.7 Å². The first-order valence-corrected chi connectivity index (χ1v) is 13.1. The van der Waals surface area contributed by atoms with Gasteiger partial charge in [0, 0.05) is 39.6 Å². The fourth-order valence-electron chi connectivity index (χ4n) is 5.64. The van der Waals surface area contributed by atoms with E-state index in [9.17, 15) is 14.4 Å². The predicted molar refractivity (Wildman–Crippen MR) is 140 cm³/mol. The average Bonchev–Trinajstić information content (AvgIpc) is 3.22. The molecule has 8 nitrogen and oxygen atoms in total. The molecule has 0 N–H and O–H groups in total. The number of aryl methyl sites for hydroxylation is 1. The highest BCUT2D eigenvalue weighted by atomic mass is 16.6. The first-order chi connectivity index (χ1) is 17.5. The number of ether oxygens (including phenoxy) is 3. The number of hydrogen-bond acceptors (Lipinski definition) is 7. The van der Waals surface area contributed by atoms with Gasteiger partial charge in [-0.3, -0.25) is 9.59 Å². The third kappa shape index (κ3) is 8.17. The van der Waals surface area contributed by atoms with Crippen LogP contribution in [0.3, 0.4) is 0 Å². The van der Waals surface area contributed by atoms with Gasteiger partial charge >= 0.3 is 17.9 Å². The quantitative estimate of drug-likeness (QED) is 0.234. The Hall–Kier alpha value is -3.16. The lowest BCUT2D eigenvalue weighted by Crippen LogP contribution is -2.41. The summed E-state index contributed by atoms with van der Waals surface area (Å²) in [4.78, 5) is 40.9. The van der Waals surface area contributed by atoms with Gasteiger partial charge in [-0.05, 0) is 62.0 Å². The molecule has 1 heterocycles. The molecule has 0 spiro atoms. The van der Waals surface area contributed by atoms with E-state index in [1.54, 1.807) is 29.2 Å². The monoisotopic (exact) mass is 512 g/mol. The molecule has 3 rings (SSSR count). The van der Waals surface area contributed by atoms with Gasteiger partial charge in [-0.25, -0.2) is 9.78 Å². The van der Waals surface area contributed by atoms with Gasteiger partial charge in [0.15, 0.2) is 6.10 Å². The van der Waals surface area contributed by atoms with Crippen LogP contribution in [0.15, 0.2) is 42.4 Å². The second-order valence-electron chi connectivity index (χ2n) is 10.6. The van der Waals surface area contributed by atoms with Crippen molar-refractivity contribution in [2.45, 2.75) is 78.6 Å². The Morgan fingerprint density at radius 3 is 2.43 bits per heavy atom. The molecule has 0 aromatic carbocycles. The Morgan fingerprint density at radius 1 is 1.08 bits per heavy atom. The zero-order valence-corrected chi connectivity index (χ0v) is 22.8. The number of carbonyl (C=O) groups is 3. The summed E-state index contributed by atoms with van der Waals surface area (Å²) in [5, 5.41) is 0. The van der Waals surface area contributed by atoms with E-state index >= 15 is 0 Å². The normalized spacial score (nSPS) is 29.2. The summed E-state index contributed by atoms with van der Waals surface area (Å²) >= 11 is 0.